The summed E-state index contributed by atoms with van der Waals surface area (Å²) in [7, 11) is 0. The summed E-state index contributed by atoms with van der Waals surface area (Å²) in [5, 5.41) is 0. The summed E-state index contributed by atoms with van der Waals surface area (Å²) in [6.45, 7) is 6.43. The molecule has 4 nitrogen and oxygen atoms in total. The summed E-state index contributed by atoms with van der Waals surface area (Å²) >= 11 is 0. The predicted molar refractivity (Wildman–Crippen MR) is 72.1 cm³/mol. The van der Waals surface area contributed by atoms with Crippen molar-refractivity contribution in [3.8, 4) is 0 Å². The molecule has 1 fully saturated rings. The Hall–Kier alpha value is -0.970. The van der Waals surface area contributed by atoms with Crippen LogP contribution in [0.5, 0.6) is 0 Å². The van der Waals surface area contributed by atoms with Crippen LogP contribution in [-0.4, -0.2) is 35.7 Å². The summed E-state index contributed by atoms with van der Waals surface area (Å²) in [6, 6.07) is 6.08. The zero-order valence-electron chi connectivity index (χ0n) is 11.1. The highest BCUT2D eigenvalue weighted by atomic mass is 16.5. The van der Waals surface area contributed by atoms with E-state index in [0.29, 0.717) is 12.6 Å². The number of aromatic nitrogens is 1. The molecule has 0 aliphatic carbocycles. The molecule has 2 N–H and O–H groups in total. The number of nitrogens with two attached hydrogens (primary N) is 1. The average Bonchev–Trinajstić information content (AvgIpc) is 2.40. The molecule has 1 saturated heterocycles. The van der Waals surface area contributed by atoms with Crippen LogP contribution in [0.4, 0.5) is 0 Å². The van der Waals surface area contributed by atoms with Crippen LogP contribution in [0.1, 0.15) is 31.2 Å². The number of likely N-dealkylation sites (tertiary alicyclic amines) is 1. The normalized spacial score (nSPS) is 21.1. The summed E-state index contributed by atoms with van der Waals surface area (Å²) in [6.07, 6.45) is 2.78. The van der Waals surface area contributed by atoms with Gasteiger partial charge in [0, 0.05) is 26.2 Å². The van der Waals surface area contributed by atoms with Crippen LogP contribution in [0.25, 0.3) is 0 Å². The second-order valence-corrected chi connectivity index (χ2v) is 4.78. The molecular weight excluding hydrogens is 226 g/mol. The number of pyridine rings is 1. The second-order valence-electron chi connectivity index (χ2n) is 4.78. The van der Waals surface area contributed by atoms with Gasteiger partial charge < -0.3 is 10.5 Å². The highest BCUT2D eigenvalue weighted by Gasteiger charge is 2.20. The zero-order chi connectivity index (χ0) is 12.8. The van der Waals surface area contributed by atoms with Gasteiger partial charge in [0.15, 0.2) is 0 Å². The molecule has 0 spiro atoms. The van der Waals surface area contributed by atoms with Crippen molar-refractivity contribution in [2.75, 3.05) is 19.7 Å². The van der Waals surface area contributed by atoms with Crippen LogP contribution in [-0.2, 0) is 17.8 Å². The van der Waals surface area contributed by atoms with Gasteiger partial charge in [-0.05, 0) is 38.4 Å². The number of nitrogens with zero attached hydrogens (tertiary/aromatic N) is 2. The van der Waals surface area contributed by atoms with Crippen LogP contribution in [0.3, 0.4) is 0 Å². The third-order valence-electron chi connectivity index (χ3n) is 3.32. The Labute approximate surface area is 109 Å². The Morgan fingerprint density at radius 2 is 2.28 bits per heavy atom. The fourth-order valence-electron chi connectivity index (χ4n) is 2.49. The maximum absolute atomic E-state index is 5.71. The minimum atomic E-state index is 0.390. The van der Waals surface area contributed by atoms with Crippen molar-refractivity contribution in [3.05, 3.63) is 29.6 Å². The second kappa shape index (κ2) is 6.83. The van der Waals surface area contributed by atoms with Gasteiger partial charge >= 0.3 is 0 Å². The van der Waals surface area contributed by atoms with Gasteiger partial charge in [0.05, 0.1) is 17.5 Å². The van der Waals surface area contributed by atoms with Crippen LogP contribution in [0, 0.1) is 0 Å². The third-order valence-corrected chi connectivity index (χ3v) is 3.32. The molecule has 1 aromatic heterocycles. The standard InChI is InChI=1S/C14H23N3O/c1-2-18-14-7-4-8-17(11-14)10-13-6-3-5-12(9-15)16-13/h3,5-6,14H,2,4,7-11,15H2,1H3. The predicted octanol–water partition coefficient (Wildman–Crippen LogP) is 1.54. The first-order chi connectivity index (χ1) is 8.81. The van der Waals surface area contributed by atoms with Gasteiger partial charge in [0.2, 0.25) is 0 Å². The molecule has 0 bridgehead atoms. The van der Waals surface area contributed by atoms with Crippen LogP contribution in [0.2, 0.25) is 0 Å². The molecule has 0 amide bonds. The molecule has 1 aromatic rings. The molecule has 1 aliphatic rings. The largest absolute Gasteiger partial charge is 0.377 e. The first-order valence-electron chi connectivity index (χ1n) is 6.80. The zero-order valence-corrected chi connectivity index (χ0v) is 11.1. The van der Waals surface area contributed by atoms with Crippen molar-refractivity contribution in [1.82, 2.24) is 9.88 Å². The molecule has 0 aromatic carbocycles. The Morgan fingerprint density at radius 1 is 1.44 bits per heavy atom. The molecule has 2 rings (SSSR count). The summed E-state index contributed by atoms with van der Waals surface area (Å²) in [5.41, 5.74) is 7.69. The number of rotatable bonds is 5. The van der Waals surface area contributed by atoms with E-state index in [1.54, 1.807) is 0 Å². The van der Waals surface area contributed by atoms with Gasteiger partial charge in [-0.3, -0.25) is 9.88 Å². The van der Waals surface area contributed by atoms with E-state index in [4.69, 9.17) is 10.5 Å². The number of piperidine rings is 1. The monoisotopic (exact) mass is 249 g/mol. The SMILES string of the molecule is CCOC1CCCN(Cc2cccc(CN)n2)C1. The fourth-order valence-corrected chi connectivity index (χ4v) is 2.49. The Balaban J connectivity index is 1.91. The Kier molecular flexibility index (Phi) is 5.11. The van der Waals surface area contributed by atoms with Gasteiger partial charge in [-0.15, -0.1) is 0 Å². The summed E-state index contributed by atoms with van der Waals surface area (Å²) in [5.74, 6) is 0. The van der Waals surface area contributed by atoms with E-state index in [-0.39, 0.29) is 0 Å². The first kappa shape index (κ1) is 13.5. The Morgan fingerprint density at radius 3 is 3.06 bits per heavy atom. The summed E-state index contributed by atoms with van der Waals surface area (Å²) in [4.78, 5) is 6.97. The molecule has 1 unspecified atom stereocenters. The van der Waals surface area contributed by atoms with Crippen LogP contribution < -0.4 is 5.73 Å². The van der Waals surface area contributed by atoms with E-state index in [1.165, 1.54) is 12.8 Å². The highest BCUT2D eigenvalue weighted by molar-refractivity contribution is 5.11. The fraction of sp³-hybridized carbons (Fsp3) is 0.643. The van der Waals surface area contributed by atoms with Crippen molar-refractivity contribution in [2.24, 2.45) is 5.73 Å². The lowest BCUT2D eigenvalue weighted by atomic mass is 10.1. The minimum Gasteiger partial charge on any atom is -0.377 e. The molecule has 0 radical (unpaired) electrons. The lowest BCUT2D eigenvalue weighted by Crippen LogP contribution is -2.39. The number of hydrogen-bond donors (Lipinski definition) is 1. The molecule has 1 atom stereocenters. The lowest BCUT2D eigenvalue weighted by molar-refractivity contribution is 0.00331. The van der Waals surface area contributed by atoms with E-state index in [1.807, 2.05) is 12.1 Å². The third kappa shape index (κ3) is 3.77. The topological polar surface area (TPSA) is 51.4 Å². The highest BCUT2D eigenvalue weighted by Crippen LogP contribution is 2.15. The van der Waals surface area contributed by atoms with Gasteiger partial charge in [-0.25, -0.2) is 0 Å². The molecular formula is C14H23N3O. The smallest absolute Gasteiger partial charge is 0.0702 e. The van der Waals surface area contributed by atoms with Gasteiger partial charge in [0.1, 0.15) is 0 Å². The minimum absolute atomic E-state index is 0.390. The van der Waals surface area contributed by atoms with E-state index in [2.05, 4.69) is 22.9 Å². The lowest BCUT2D eigenvalue weighted by Gasteiger charge is -2.32. The van der Waals surface area contributed by atoms with Gasteiger partial charge in [0.25, 0.3) is 0 Å². The first-order valence-corrected chi connectivity index (χ1v) is 6.80. The maximum atomic E-state index is 5.71. The Bertz CT molecular complexity index is 368. The van der Waals surface area contributed by atoms with E-state index < -0.39 is 0 Å². The van der Waals surface area contributed by atoms with Crippen molar-refractivity contribution in [2.45, 2.75) is 39.0 Å². The van der Waals surface area contributed by atoms with Gasteiger partial charge in [-0.2, -0.15) is 0 Å². The maximum Gasteiger partial charge on any atom is 0.0702 e. The molecule has 1 aliphatic heterocycles. The molecule has 4 heteroatoms. The molecule has 2 heterocycles. The van der Waals surface area contributed by atoms with Crippen molar-refractivity contribution in [1.29, 1.82) is 0 Å². The van der Waals surface area contributed by atoms with Crippen molar-refractivity contribution < 1.29 is 4.74 Å². The van der Waals surface area contributed by atoms with Gasteiger partial charge in [-0.1, -0.05) is 6.07 Å². The molecule has 0 saturated carbocycles. The van der Waals surface area contributed by atoms with E-state index in [9.17, 15) is 0 Å². The average molecular weight is 249 g/mol. The van der Waals surface area contributed by atoms with Crippen molar-refractivity contribution in [3.63, 3.8) is 0 Å². The van der Waals surface area contributed by atoms with E-state index >= 15 is 0 Å². The number of hydrogen-bond acceptors (Lipinski definition) is 4. The van der Waals surface area contributed by atoms with Crippen molar-refractivity contribution >= 4 is 0 Å². The summed E-state index contributed by atoms with van der Waals surface area (Å²) < 4.78 is 5.71. The molecule has 100 valence electrons. The molecule has 18 heavy (non-hydrogen) atoms. The van der Waals surface area contributed by atoms with Crippen LogP contribution >= 0.6 is 0 Å². The van der Waals surface area contributed by atoms with Crippen LogP contribution in [0.15, 0.2) is 18.2 Å². The quantitative estimate of drug-likeness (QED) is 0.860. The van der Waals surface area contributed by atoms with E-state index in [0.717, 1.165) is 37.6 Å². The number of ether oxygens (including phenoxy) is 1.